The molecule has 3 fully saturated rings. The van der Waals surface area contributed by atoms with Crippen molar-refractivity contribution in [2.75, 3.05) is 19.8 Å². The molecule has 0 radical (unpaired) electrons. The summed E-state index contributed by atoms with van der Waals surface area (Å²) < 4.78 is 12.2. The third-order valence-electron chi connectivity index (χ3n) is 8.81. The molecule has 7 atom stereocenters. The van der Waals surface area contributed by atoms with Crippen LogP contribution >= 0.6 is 0 Å². The van der Waals surface area contributed by atoms with E-state index in [1.807, 2.05) is 58.0 Å². The van der Waals surface area contributed by atoms with E-state index in [-0.39, 0.29) is 43.4 Å². The van der Waals surface area contributed by atoms with Gasteiger partial charge in [-0.2, -0.15) is 0 Å². The first-order valence-corrected chi connectivity index (χ1v) is 13.9. The first-order chi connectivity index (χ1) is 18.5. The molecule has 0 aliphatic carbocycles. The van der Waals surface area contributed by atoms with E-state index in [4.69, 9.17) is 9.47 Å². The highest BCUT2D eigenvalue weighted by Crippen LogP contribution is 2.65. The van der Waals surface area contributed by atoms with Crippen LogP contribution in [0.25, 0.3) is 0 Å². The Morgan fingerprint density at radius 2 is 1.95 bits per heavy atom. The number of nitrogens with zero attached hydrogens (tertiary/aromatic N) is 2. The Labute approximate surface area is 231 Å². The van der Waals surface area contributed by atoms with E-state index in [0.29, 0.717) is 19.4 Å². The van der Waals surface area contributed by atoms with Gasteiger partial charge in [-0.25, -0.2) is 0 Å². The van der Waals surface area contributed by atoms with Crippen molar-refractivity contribution in [2.24, 2.45) is 23.7 Å². The molecule has 3 saturated heterocycles. The molecule has 3 aliphatic rings. The smallest absolute Gasteiger partial charge is 0.313 e. The number of likely N-dealkylation sites (tertiary alicyclic amines) is 1. The molecular formula is C31H42N2O6. The maximum Gasteiger partial charge on any atom is 0.313 e. The molecule has 1 aromatic rings. The van der Waals surface area contributed by atoms with Crippen LogP contribution in [0.4, 0.5) is 0 Å². The summed E-state index contributed by atoms with van der Waals surface area (Å²) >= 11 is 0. The lowest BCUT2D eigenvalue weighted by molar-refractivity contribution is -0.163. The minimum absolute atomic E-state index is 0.0244. The maximum atomic E-state index is 14.6. The standard InChI is InChI=1S/C31H42N2O6/c1-7-14-32(18-22-12-10-9-11-13-22)28(36)26-31-17-21(5)30(6,39-31)25(29(37)38-15-8-2)24(31)27(35)33(26)23(19-34)16-20(3)4/h7-13,20-21,23-26,34H,1-2,14-19H2,3-6H3/t21?,23-,24+,25-,26?,30+,31?/m1/s1. The van der Waals surface area contributed by atoms with Crippen molar-refractivity contribution in [3.8, 4) is 0 Å². The van der Waals surface area contributed by atoms with Crippen LogP contribution in [0.15, 0.2) is 55.6 Å². The summed E-state index contributed by atoms with van der Waals surface area (Å²) in [5, 5.41) is 10.5. The van der Waals surface area contributed by atoms with Crippen LogP contribution in [0.1, 0.15) is 46.1 Å². The third kappa shape index (κ3) is 4.82. The van der Waals surface area contributed by atoms with Gasteiger partial charge in [-0.05, 0) is 37.2 Å². The topological polar surface area (TPSA) is 96.4 Å². The number of hydrogen-bond donors (Lipinski definition) is 1. The van der Waals surface area contributed by atoms with E-state index < -0.39 is 41.1 Å². The highest BCUT2D eigenvalue weighted by Gasteiger charge is 2.80. The highest BCUT2D eigenvalue weighted by molar-refractivity contribution is 5.98. The van der Waals surface area contributed by atoms with E-state index in [1.54, 1.807) is 15.9 Å². The zero-order valence-electron chi connectivity index (χ0n) is 23.5. The summed E-state index contributed by atoms with van der Waals surface area (Å²) in [7, 11) is 0. The fourth-order valence-corrected chi connectivity index (χ4v) is 7.12. The number of aliphatic hydroxyl groups is 1. The minimum Gasteiger partial charge on any atom is -0.461 e. The van der Waals surface area contributed by atoms with E-state index in [0.717, 1.165) is 5.56 Å². The zero-order chi connectivity index (χ0) is 28.5. The molecular weight excluding hydrogens is 496 g/mol. The quantitative estimate of drug-likeness (QED) is 0.324. The summed E-state index contributed by atoms with van der Waals surface area (Å²) in [5.41, 5.74) is -1.22. The number of esters is 1. The summed E-state index contributed by atoms with van der Waals surface area (Å²) in [6.45, 7) is 15.7. The molecule has 39 heavy (non-hydrogen) atoms. The second-order valence-corrected chi connectivity index (χ2v) is 11.8. The van der Waals surface area contributed by atoms with Gasteiger partial charge in [0.2, 0.25) is 11.8 Å². The molecule has 1 N–H and O–H groups in total. The van der Waals surface area contributed by atoms with Crippen molar-refractivity contribution < 1.29 is 29.0 Å². The van der Waals surface area contributed by atoms with E-state index in [1.165, 1.54) is 6.08 Å². The van der Waals surface area contributed by atoms with Gasteiger partial charge in [-0.3, -0.25) is 14.4 Å². The third-order valence-corrected chi connectivity index (χ3v) is 8.81. The number of amides is 2. The van der Waals surface area contributed by atoms with Gasteiger partial charge in [0, 0.05) is 13.1 Å². The van der Waals surface area contributed by atoms with E-state index in [2.05, 4.69) is 13.2 Å². The molecule has 0 saturated carbocycles. The van der Waals surface area contributed by atoms with Crippen molar-refractivity contribution in [2.45, 2.75) is 70.4 Å². The first kappa shape index (κ1) is 29.0. The number of carbonyl (C=O) groups is 3. The summed E-state index contributed by atoms with van der Waals surface area (Å²) in [4.78, 5) is 45.6. The van der Waals surface area contributed by atoms with Crippen LogP contribution in [-0.4, -0.2) is 75.7 Å². The van der Waals surface area contributed by atoms with Crippen LogP contribution in [0, 0.1) is 23.7 Å². The van der Waals surface area contributed by atoms with Crippen LogP contribution in [0.2, 0.25) is 0 Å². The molecule has 0 aromatic heterocycles. The molecule has 3 heterocycles. The molecule has 1 aromatic carbocycles. The molecule has 8 nitrogen and oxygen atoms in total. The average Bonchev–Trinajstić information content (AvgIpc) is 3.42. The number of benzene rings is 1. The number of ether oxygens (including phenoxy) is 2. The summed E-state index contributed by atoms with van der Waals surface area (Å²) in [6.07, 6.45) is 4.11. The van der Waals surface area contributed by atoms with Gasteiger partial charge in [0.25, 0.3) is 0 Å². The Bertz CT molecular complexity index is 1110. The van der Waals surface area contributed by atoms with Gasteiger partial charge in [0.15, 0.2) is 0 Å². The Morgan fingerprint density at radius 3 is 2.54 bits per heavy atom. The molecule has 3 unspecified atom stereocenters. The number of fused-ring (bicyclic) bond motifs is 1. The van der Waals surface area contributed by atoms with Crippen molar-refractivity contribution in [1.29, 1.82) is 0 Å². The van der Waals surface area contributed by atoms with Crippen molar-refractivity contribution >= 4 is 17.8 Å². The van der Waals surface area contributed by atoms with Crippen molar-refractivity contribution in [1.82, 2.24) is 9.80 Å². The average molecular weight is 539 g/mol. The second kappa shape index (κ2) is 11.3. The lowest BCUT2D eigenvalue weighted by Gasteiger charge is -2.40. The van der Waals surface area contributed by atoms with Crippen molar-refractivity contribution in [3.63, 3.8) is 0 Å². The minimum atomic E-state index is -1.21. The van der Waals surface area contributed by atoms with Gasteiger partial charge in [-0.15, -0.1) is 6.58 Å². The Balaban J connectivity index is 1.82. The van der Waals surface area contributed by atoms with E-state index in [9.17, 15) is 19.5 Å². The summed E-state index contributed by atoms with van der Waals surface area (Å²) in [6, 6.07) is 8.06. The van der Waals surface area contributed by atoms with Crippen LogP contribution in [0.5, 0.6) is 0 Å². The molecule has 4 rings (SSSR count). The largest absolute Gasteiger partial charge is 0.461 e. The molecule has 2 amide bonds. The Hall–Kier alpha value is -2.97. The lowest BCUT2D eigenvalue weighted by Crippen LogP contribution is -2.59. The Kier molecular flexibility index (Phi) is 8.38. The van der Waals surface area contributed by atoms with Crippen LogP contribution in [-0.2, 0) is 30.4 Å². The first-order valence-electron chi connectivity index (χ1n) is 13.9. The molecule has 212 valence electrons. The van der Waals surface area contributed by atoms with Crippen LogP contribution in [0.3, 0.4) is 0 Å². The predicted molar refractivity (Wildman–Crippen MR) is 147 cm³/mol. The molecule has 8 heteroatoms. The zero-order valence-corrected chi connectivity index (χ0v) is 23.5. The molecule has 2 bridgehead atoms. The van der Waals surface area contributed by atoms with Crippen molar-refractivity contribution in [3.05, 3.63) is 61.2 Å². The van der Waals surface area contributed by atoms with Gasteiger partial charge in [0.05, 0.1) is 24.2 Å². The highest BCUT2D eigenvalue weighted by atomic mass is 16.6. The Morgan fingerprint density at radius 1 is 1.26 bits per heavy atom. The molecule has 3 aliphatic heterocycles. The van der Waals surface area contributed by atoms with Gasteiger partial charge in [0.1, 0.15) is 24.2 Å². The molecule has 1 spiro atoms. The fourth-order valence-electron chi connectivity index (χ4n) is 7.12. The predicted octanol–water partition coefficient (Wildman–Crippen LogP) is 3.35. The van der Waals surface area contributed by atoms with Gasteiger partial charge in [-0.1, -0.05) is 69.8 Å². The number of carbonyl (C=O) groups excluding carboxylic acids is 3. The number of rotatable bonds is 12. The number of aliphatic hydroxyl groups excluding tert-OH is 1. The maximum absolute atomic E-state index is 14.6. The van der Waals surface area contributed by atoms with E-state index >= 15 is 0 Å². The SMILES string of the molecule is C=CCOC(=O)[C@H]1[C@H]2C(=O)N([C@@H](CO)CC(C)C)C(C(=O)N(CC=C)Cc3ccccc3)C23CC(C)[C@]1(C)O3. The fraction of sp³-hybridized carbons (Fsp3) is 0.581. The monoisotopic (exact) mass is 538 g/mol. The second-order valence-electron chi connectivity index (χ2n) is 11.8. The van der Waals surface area contributed by atoms with Gasteiger partial charge >= 0.3 is 5.97 Å². The van der Waals surface area contributed by atoms with Crippen LogP contribution < -0.4 is 0 Å². The summed E-state index contributed by atoms with van der Waals surface area (Å²) in [5.74, 6) is -2.80. The van der Waals surface area contributed by atoms with Gasteiger partial charge < -0.3 is 24.4 Å². The lowest BCUT2D eigenvalue weighted by atomic mass is 9.62. The number of hydrogen-bond acceptors (Lipinski definition) is 6. The normalized spacial score (nSPS) is 31.7.